The van der Waals surface area contributed by atoms with Gasteiger partial charge in [-0.25, -0.2) is 9.89 Å². The standard InChI is InChI=1S/C10H8N4O2/c15-10-7-4-2-1-3-6(7)8(16-10)5-9-11-13-14-12-9/h1-4,8H,5H2,(H,11,12,13,14). The van der Waals surface area contributed by atoms with E-state index < -0.39 is 0 Å². The highest BCUT2D eigenvalue weighted by Gasteiger charge is 2.31. The van der Waals surface area contributed by atoms with Crippen molar-refractivity contribution >= 4 is 5.97 Å². The fourth-order valence-corrected chi connectivity index (χ4v) is 1.81. The van der Waals surface area contributed by atoms with Gasteiger partial charge in [0.05, 0.1) is 12.0 Å². The Morgan fingerprint density at radius 1 is 1.38 bits per heavy atom. The average Bonchev–Trinajstić information content (AvgIpc) is 2.90. The molecular weight excluding hydrogens is 208 g/mol. The number of fused-ring (bicyclic) bond motifs is 1. The molecule has 0 radical (unpaired) electrons. The number of hydrogen-bond acceptors (Lipinski definition) is 5. The number of carbonyl (C=O) groups is 1. The predicted molar refractivity (Wildman–Crippen MR) is 52.5 cm³/mol. The molecule has 0 fully saturated rings. The van der Waals surface area contributed by atoms with Gasteiger partial charge in [-0.1, -0.05) is 18.2 Å². The number of ether oxygens (including phenoxy) is 1. The van der Waals surface area contributed by atoms with Gasteiger partial charge in [-0.05, 0) is 16.5 Å². The van der Waals surface area contributed by atoms with Gasteiger partial charge in [-0.2, -0.15) is 0 Å². The fraction of sp³-hybridized carbons (Fsp3) is 0.200. The van der Waals surface area contributed by atoms with Crippen LogP contribution in [-0.2, 0) is 11.2 Å². The van der Waals surface area contributed by atoms with Gasteiger partial charge >= 0.3 is 5.97 Å². The van der Waals surface area contributed by atoms with Crippen LogP contribution in [0.4, 0.5) is 0 Å². The molecular formula is C10H8N4O2. The first kappa shape index (κ1) is 9.02. The minimum atomic E-state index is -0.293. The van der Waals surface area contributed by atoms with Crippen LogP contribution in [0, 0.1) is 0 Å². The van der Waals surface area contributed by atoms with Crippen LogP contribution in [0.15, 0.2) is 24.3 Å². The Labute approximate surface area is 90.6 Å². The molecule has 0 amide bonds. The number of nitrogens with one attached hydrogen (secondary N) is 1. The first-order valence-corrected chi connectivity index (χ1v) is 4.87. The second-order valence-corrected chi connectivity index (χ2v) is 3.53. The fourth-order valence-electron chi connectivity index (χ4n) is 1.81. The molecule has 1 unspecified atom stereocenters. The largest absolute Gasteiger partial charge is 0.453 e. The highest BCUT2D eigenvalue weighted by molar-refractivity contribution is 5.93. The summed E-state index contributed by atoms with van der Waals surface area (Å²) in [5.41, 5.74) is 1.52. The molecule has 1 atom stereocenters. The van der Waals surface area contributed by atoms with Crippen LogP contribution in [0.5, 0.6) is 0 Å². The van der Waals surface area contributed by atoms with Gasteiger partial charge < -0.3 is 4.74 Å². The molecule has 1 aromatic heterocycles. The number of esters is 1. The lowest BCUT2D eigenvalue weighted by molar-refractivity contribution is 0.0383. The van der Waals surface area contributed by atoms with E-state index in [2.05, 4.69) is 20.6 Å². The van der Waals surface area contributed by atoms with E-state index in [1.807, 2.05) is 18.2 Å². The Morgan fingerprint density at radius 3 is 3.06 bits per heavy atom. The molecule has 0 spiro atoms. The summed E-state index contributed by atoms with van der Waals surface area (Å²) in [7, 11) is 0. The van der Waals surface area contributed by atoms with Crippen LogP contribution in [0.25, 0.3) is 0 Å². The minimum Gasteiger partial charge on any atom is -0.453 e. The summed E-state index contributed by atoms with van der Waals surface area (Å²) < 4.78 is 5.25. The third kappa shape index (κ3) is 1.35. The van der Waals surface area contributed by atoms with Gasteiger partial charge in [0.15, 0.2) is 5.82 Å². The third-order valence-corrected chi connectivity index (χ3v) is 2.54. The normalized spacial score (nSPS) is 18.2. The summed E-state index contributed by atoms with van der Waals surface area (Å²) >= 11 is 0. The molecule has 2 heterocycles. The smallest absolute Gasteiger partial charge is 0.339 e. The summed E-state index contributed by atoms with van der Waals surface area (Å²) in [5, 5.41) is 13.4. The lowest BCUT2D eigenvalue weighted by Gasteiger charge is -2.07. The molecule has 0 bridgehead atoms. The summed E-state index contributed by atoms with van der Waals surface area (Å²) in [5.74, 6) is 0.322. The van der Waals surface area contributed by atoms with Gasteiger partial charge in [0, 0.05) is 5.56 Å². The summed E-state index contributed by atoms with van der Waals surface area (Å²) in [6.45, 7) is 0. The number of hydrogen-bond donors (Lipinski definition) is 1. The number of tetrazole rings is 1. The van der Waals surface area contributed by atoms with Crippen LogP contribution < -0.4 is 0 Å². The SMILES string of the molecule is O=C1OC(Cc2nnn[nH]2)c2ccccc21. The molecule has 0 saturated carbocycles. The Kier molecular flexibility index (Phi) is 1.92. The highest BCUT2D eigenvalue weighted by Crippen LogP contribution is 2.31. The Bertz CT molecular complexity index is 523. The summed E-state index contributed by atoms with van der Waals surface area (Å²) in [4.78, 5) is 11.5. The van der Waals surface area contributed by atoms with Crippen molar-refractivity contribution < 1.29 is 9.53 Å². The third-order valence-electron chi connectivity index (χ3n) is 2.54. The quantitative estimate of drug-likeness (QED) is 0.745. The lowest BCUT2D eigenvalue weighted by Crippen LogP contribution is -2.04. The monoisotopic (exact) mass is 216 g/mol. The number of cyclic esters (lactones) is 1. The van der Waals surface area contributed by atoms with Gasteiger partial charge in [-0.15, -0.1) is 5.10 Å². The molecule has 1 N–H and O–H groups in total. The maximum Gasteiger partial charge on any atom is 0.339 e. The van der Waals surface area contributed by atoms with Crippen molar-refractivity contribution in [3.05, 3.63) is 41.2 Å². The van der Waals surface area contributed by atoms with Crippen molar-refractivity contribution in [3.63, 3.8) is 0 Å². The average molecular weight is 216 g/mol. The van der Waals surface area contributed by atoms with Crippen molar-refractivity contribution in [3.8, 4) is 0 Å². The van der Waals surface area contributed by atoms with E-state index in [9.17, 15) is 4.79 Å². The van der Waals surface area contributed by atoms with Crippen molar-refractivity contribution in [1.29, 1.82) is 0 Å². The maximum atomic E-state index is 11.5. The lowest BCUT2D eigenvalue weighted by atomic mass is 10.0. The summed E-state index contributed by atoms with van der Waals surface area (Å²) in [6.07, 6.45) is 0.175. The van der Waals surface area contributed by atoms with Crippen LogP contribution >= 0.6 is 0 Å². The number of aromatic amines is 1. The second kappa shape index (κ2) is 3.41. The molecule has 1 aliphatic heterocycles. The number of rotatable bonds is 2. The van der Waals surface area contributed by atoms with Gasteiger partial charge in [0.25, 0.3) is 0 Å². The minimum absolute atomic E-state index is 0.284. The van der Waals surface area contributed by atoms with E-state index in [-0.39, 0.29) is 12.1 Å². The zero-order chi connectivity index (χ0) is 11.0. The van der Waals surface area contributed by atoms with Gasteiger partial charge in [0.2, 0.25) is 0 Å². The Morgan fingerprint density at radius 2 is 2.25 bits per heavy atom. The van der Waals surface area contributed by atoms with Crippen LogP contribution in [0.3, 0.4) is 0 Å². The van der Waals surface area contributed by atoms with Gasteiger partial charge in [0.1, 0.15) is 6.10 Å². The molecule has 1 aliphatic rings. The molecule has 0 aliphatic carbocycles. The van der Waals surface area contributed by atoms with E-state index in [0.717, 1.165) is 5.56 Å². The van der Waals surface area contributed by atoms with Crippen molar-refractivity contribution in [2.75, 3.05) is 0 Å². The van der Waals surface area contributed by atoms with Crippen molar-refractivity contribution in [1.82, 2.24) is 20.6 Å². The van der Waals surface area contributed by atoms with Crippen LogP contribution in [0.1, 0.15) is 27.8 Å². The Balaban J connectivity index is 1.92. The molecule has 6 heteroatoms. The Hall–Kier alpha value is -2.24. The molecule has 16 heavy (non-hydrogen) atoms. The molecule has 2 aromatic rings. The van der Waals surface area contributed by atoms with E-state index in [4.69, 9.17) is 4.74 Å². The van der Waals surface area contributed by atoms with Crippen molar-refractivity contribution in [2.24, 2.45) is 0 Å². The number of benzene rings is 1. The van der Waals surface area contributed by atoms with Gasteiger partial charge in [-0.3, -0.25) is 0 Å². The molecule has 6 nitrogen and oxygen atoms in total. The van der Waals surface area contributed by atoms with E-state index in [0.29, 0.717) is 17.8 Å². The van der Waals surface area contributed by atoms with E-state index >= 15 is 0 Å². The zero-order valence-corrected chi connectivity index (χ0v) is 8.25. The molecule has 3 rings (SSSR count). The number of H-pyrrole nitrogens is 1. The van der Waals surface area contributed by atoms with Crippen LogP contribution in [-0.4, -0.2) is 26.6 Å². The second-order valence-electron chi connectivity index (χ2n) is 3.53. The number of aromatic nitrogens is 4. The topological polar surface area (TPSA) is 80.8 Å². The first-order valence-electron chi connectivity index (χ1n) is 4.87. The first-order chi connectivity index (χ1) is 7.84. The summed E-state index contributed by atoms with van der Waals surface area (Å²) in [6, 6.07) is 7.34. The van der Waals surface area contributed by atoms with Crippen molar-refractivity contribution in [2.45, 2.75) is 12.5 Å². The van der Waals surface area contributed by atoms with E-state index in [1.54, 1.807) is 6.07 Å². The number of nitrogens with zero attached hydrogens (tertiary/aromatic N) is 3. The predicted octanol–water partition coefficient (Wildman–Crippen LogP) is 0.654. The maximum absolute atomic E-state index is 11.5. The zero-order valence-electron chi connectivity index (χ0n) is 8.25. The van der Waals surface area contributed by atoms with Crippen LogP contribution in [0.2, 0.25) is 0 Å². The van der Waals surface area contributed by atoms with E-state index in [1.165, 1.54) is 0 Å². The molecule has 80 valence electrons. The molecule has 1 aromatic carbocycles. The highest BCUT2D eigenvalue weighted by atomic mass is 16.5. The number of carbonyl (C=O) groups excluding carboxylic acids is 1. The molecule has 0 saturated heterocycles.